The number of hydrogen-bond donors (Lipinski definition) is 2. The Balaban J connectivity index is 1.65. The molecule has 3 aromatic rings. The number of aromatic nitrogens is 3. The fourth-order valence-electron chi connectivity index (χ4n) is 3.04. The number of nitrogens with zero attached hydrogens (tertiary/aromatic N) is 5. The van der Waals surface area contributed by atoms with Crippen molar-refractivity contribution in [1.82, 2.24) is 15.0 Å². The smallest absolute Gasteiger partial charge is 0.277 e. The second-order valence-electron chi connectivity index (χ2n) is 9.90. The third kappa shape index (κ3) is 7.35. The molecule has 0 aliphatic carbocycles. The van der Waals surface area contributed by atoms with Gasteiger partial charge >= 0.3 is 0 Å². The van der Waals surface area contributed by atoms with Crippen LogP contribution in [0.25, 0.3) is 4.95 Å². The molecule has 0 bridgehead atoms. The van der Waals surface area contributed by atoms with Crippen LogP contribution < -0.4 is 15.6 Å². The first-order chi connectivity index (χ1) is 17.9. The summed E-state index contributed by atoms with van der Waals surface area (Å²) in [5.74, 6) is -0.989. The van der Waals surface area contributed by atoms with Crippen LogP contribution in [-0.4, -0.2) is 48.2 Å². The first kappa shape index (κ1) is 28.7. The quantitative estimate of drug-likeness (QED) is 0.199. The maximum absolute atomic E-state index is 12.9. The Hall–Kier alpha value is -3.85. The van der Waals surface area contributed by atoms with E-state index in [2.05, 4.69) is 64.4 Å². The largest absolute Gasteiger partial charge is 0.415 e. The summed E-state index contributed by atoms with van der Waals surface area (Å²) in [7, 11) is -1.91. The molecule has 0 unspecified atom stereocenters. The molecule has 0 saturated carbocycles. The van der Waals surface area contributed by atoms with Gasteiger partial charge in [0.1, 0.15) is 18.1 Å². The number of anilines is 3. The Kier molecular flexibility index (Phi) is 9.16. The number of carbonyl (C=O) groups excluding carboxylic acids is 2. The minimum absolute atomic E-state index is 0.0895. The number of carbonyl (C=O) groups is 2. The van der Waals surface area contributed by atoms with Gasteiger partial charge in [-0.2, -0.15) is 11.5 Å². The number of pyridine rings is 1. The molecule has 0 fully saturated rings. The summed E-state index contributed by atoms with van der Waals surface area (Å²) in [6.45, 7) is 19.3. The Morgan fingerprint density at radius 2 is 1.61 bits per heavy atom. The molecule has 198 valence electrons. The number of benzene rings is 1. The Morgan fingerprint density at radius 1 is 1.00 bits per heavy atom. The van der Waals surface area contributed by atoms with Gasteiger partial charge in [-0.25, -0.2) is 15.0 Å². The average Bonchev–Trinajstić information content (AvgIpc) is 2.88. The molecular weight excluding hydrogens is 522 g/mol. The van der Waals surface area contributed by atoms with E-state index in [-0.39, 0.29) is 22.2 Å². The minimum Gasteiger partial charge on any atom is -0.415 e. The molecule has 3 rings (SSSR count). The molecule has 12 heteroatoms. The van der Waals surface area contributed by atoms with Gasteiger partial charge in [0.25, 0.3) is 11.8 Å². The highest BCUT2D eigenvalue weighted by atomic mass is 35.5. The molecule has 2 N–H and O–H groups in total. The van der Waals surface area contributed by atoms with Crippen LogP contribution in [0.4, 0.5) is 17.2 Å². The average molecular weight is 552 g/mol. The zero-order chi connectivity index (χ0) is 27.9. The van der Waals surface area contributed by atoms with E-state index in [9.17, 15) is 9.59 Å². The highest BCUT2D eigenvalue weighted by Crippen LogP contribution is 2.36. The summed E-state index contributed by atoms with van der Waals surface area (Å²) in [4.78, 5) is 41.3. The normalized spacial score (nSPS) is 11.4. The predicted molar refractivity (Wildman–Crippen MR) is 151 cm³/mol. The van der Waals surface area contributed by atoms with Gasteiger partial charge < -0.3 is 15.1 Å². The van der Waals surface area contributed by atoms with Crippen molar-refractivity contribution in [3.63, 3.8) is 0 Å². The fourth-order valence-corrected chi connectivity index (χ4v) is 4.19. The molecule has 0 aliphatic heterocycles. The van der Waals surface area contributed by atoms with E-state index in [1.165, 1.54) is 29.7 Å². The molecule has 0 atom stereocenters. The van der Waals surface area contributed by atoms with E-state index >= 15 is 0 Å². The molecule has 38 heavy (non-hydrogen) atoms. The molecule has 0 spiro atoms. The molecular formula is C26H30ClN7O3Si. The lowest BCUT2D eigenvalue weighted by molar-refractivity contribution is 0.0982. The lowest BCUT2D eigenvalue weighted by Gasteiger charge is -2.36. The topological polar surface area (TPSA) is 114 Å². The molecule has 2 heterocycles. The van der Waals surface area contributed by atoms with Gasteiger partial charge in [0.05, 0.1) is 11.6 Å². The van der Waals surface area contributed by atoms with E-state index in [4.69, 9.17) is 22.6 Å². The molecule has 10 nitrogen and oxygen atoms in total. The number of nitrogens with one attached hydrogen (secondary N) is 2. The standard InChI is InChI=1S/C26H30ClN7O3Si/c1-26(2,3)38(5,6)37-16-15-34(28-4)20-10-8-19(9-11-20)32-24(35)22-23(30-14-13-29-22)25(36)33-21-12-7-18(27)17-31-21/h7-14,17H,15-16H2,1-3,5-6H3,(H,32,35)(H,31,33,36). The van der Waals surface area contributed by atoms with Crippen molar-refractivity contribution in [2.24, 2.45) is 0 Å². The minimum atomic E-state index is -1.91. The summed E-state index contributed by atoms with van der Waals surface area (Å²) < 4.78 is 6.19. The van der Waals surface area contributed by atoms with Crippen molar-refractivity contribution in [2.75, 3.05) is 28.8 Å². The van der Waals surface area contributed by atoms with Crippen LogP contribution in [0, 0.1) is 6.57 Å². The third-order valence-electron chi connectivity index (χ3n) is 6.21. The van der Waals surface area contributed by atoms with Gasteiger partial charge in [-0.15, -0.1) is 0 Å². The Labute approximate surface area is 228 Å². The first-order valence-corrected chi connectivity index (χ1v) is 15.1. The Morgan fingerprint density at radius 3 is 2.13 bits per heavy atom. The lowest BCUT2D eigenvalue weighted by Crippen LogP contribution is -2.42. The van der Waals surface area contributed by atoms with Crippen molar-refractivity contribution in [3.05, 3.63) is 82.9 Å². The lowest BCUT2D eigenvalue weighted by atomic mass is 10.2. The summed E-state index contributed by atoms with van der Waals surface area (Å²) in [6.07, 6.45) is 4.04. The van der Waals surface area contributed by atoms with Crippen LogP contribution >= 0.6 is 11.6 Å². The zero-order valence-corrected chi connectivity index (χ0v) is 23.7. The van der Waals surface area contributed by atoms with Crippen LogP contribution in [0.2, 0.25) is 23.2 Å². The highest BCUT2D eigenvalue weighted by molar-refractivity contribution is 6.74. The number of halogens is 1. The maximum Gasteiger partial charge on any atom is 0.277 e. The van der Waals surface area contributed by atoms with Crippen molar-refractivity contribution in [3.8, 4) is 0 Å². The van der Waals surface area contributed by atoms with E-state index in [0.717, 1.165) is 0 Å². The first-order valence-electron chi connectivity index (χ1n) is 11.9. The second-order valence-corrected chi connectivity index (χ2v) is 15.1. The maximum atomic E-state index is 12.9. The molecule has 1 aromatic carbocycles. The molecule has 0 radical (unpaired) electrons. The van der Waals surface area contributed by atoms with E-state index < -0.39 is 20.1 Å². The number of hydrogen-bond acceptors (Lipinski definition) is 7. The van der Waals surface area contributed by atoms with E-state index in [0.29, 0.717) is 29.5 Å². The second kappa shape index (κ2) is 12.1. The van der Waals surface area contributed by atoms with Gasteiger partial charge in [-0.1, -0.05) is 37.4 Å². The van der Waals surface area contributed by atoms with E-state index in [1.807, 2.05) is 0 Å². The SMILES string of the molecule is [C-]#[N+]N(CCO[Si](C)(C)C(C)(C)C)c1ccc(NC(=O)c2nccnc2C(=O)Nc2ccc(Cl)cn2)cc1. The van der Waals surface area contributed by atoms with Crippen molar-refractivity contribution >= 4 is 48.9 Å². The van der Waals surface area contributed by atoms with Crippen LogP contribution in [0.5, 0.6) is 0 Å². The fraction of sp³-hybridized carbons (Fsp3) is 0.308. The summed E-state index contributed by atoms with van der Waals surface area (Å²) in [5.41, 5.74) is 0.845. The third-order valence-corrected chi connectivity index (χ3v) is 11.0. The van der Waals surface area contributed by atoms with Crippen LogP contribution in [0.3, 0.4) is 0 Å². The summed E-state index contributed by atoms with van der Waals surface area (Å²) in [5, 5.41) is 7.33. The van der Waals surface area contributed by atoms with Gasteiger partial charge in [-0.3, -0.25) is 9.59 Å². The van der Waals surface area contributed by atoms with Crippen molar-refractivity contribution in [2.45, 2.75) is 38.9 Å². The van der Waals surface area contributed by atoms with Gasteiger partial charge in [0, 0.05) is 24.3 Å². The van der Waals surface area contributed by atoms with E-state index in [1.54, 1.807) is 30.3 Å². The van der Waals surface area contributed by atoms with Crippen molar-refractivity contribution < 1.29 is 14.0 Å². The molecule has 0 aliphatic rings. The number of amides is 2. The predicted octanol–water partition coefficient (Wildman–Crippen LogP) is 5.69. The number of rotatable bonds is 9. The van der Waals surface area contributed by atoms with Crippen LogP contribution in [0.15, 0.2) is 55.0 Å². The van der Waals surface area contributed by atoms with Crippen LogP contribution in [-0.2, 0) is 4.43 Å². The van der Waals surface area contributed by atoms with Crippen molar-refractivity contribution in [1.29, 1.82) is 0 Å². The van der Waals surface area contributed by atoms with Gasteiger partial charge in [0.15, 0.2) is 19.7 Å². The van der Waals surface area contributed by atoms with Crippen LogP contribution in [0.1, 0.15) is 41.7 Å². The monoisotopic (exact) mass is 551 g/mol. The Bertz CT molecular complexity index is 1320. The zero-order valence-electron chi connectivity index (χ0n) is 21.9. The van der Waals surface area contributed by atoms with Gasteiger partial charge in [-0.05, 0) is 54.5 Å². The molecule has 2 aromatic heterocycles. The highest BCUT2D eigenvalue weighted by Gasteiger charge is 2.37. The molecule has 2 amide bonds. The summed E-state index contributed by atoms with van der Waals surface area (Å²) in [6, 6.07) is 9.92. The van der Waals surface area contributed by atoms with Gasteiger partial charge in [0.2, 0.25) is 0 Å². The summed E-state index contributed by atoms with van der Waals surface area (Å²) >= 11 is 5.83. The molecule has 0 saturated heterocycles.